The van der Waals surface area contributed by atoms with Crippen LogP contribution in [0.2, 0.25) is 5.02 Å². The molecule has 2 aromatic carbocycles. The van der Waals surface area contributed by atoms with Gasteiger partial charge in [0.1, 0.15) is 6.33 Å². The van der Waals surface area contributed by atoms with Crippen LogP contribution < -0.4 is 0 Å². The van der Waals surface area contributed by atoms with Crippen molar-refractivity contribution in [1.82, 2.24) is 9.97 Å². The molecule has 0 amide bonds. The van der Waals surface area contributed by atoms with E-state index in [0.29, 0.717) is 11.4 Å². The van der Waals surface area contributed by atoms with Gasteiger partial charge in [-0.05, 0) is 48.6 Å². The average molecular weight is 367 g/mol. The second-order valence-corrected chi connectivity index (χ2v) is 7.30. The fraction of sp³-hybridized carbons (Fsp3) is 0.286. The number of carbonyl (C=O) groups is 1. The predicted molar refractivity (Wildman–Crippen MR) is 102 cm³/mol. The summed E-state index contributed by atoms with van der Waals surface area (Å²) < 4.78 is 0. The van der Waals surface area contributed by atoms with Crippen LogP contribution in [-0.4, -0.2) is 21.0 Å². The van der Waals surface area contributed by atoms with E-state index >= 15 is 0 Å². The summed E-state index contributed by atoms with van der Waals surface area (Å²) >= 11 is 6.19. The molecule has 0 bridgehead atoms. The molecule has 2 unspecified atom stereocenters. The Hall–Kier alpha value is -2.46. The van der Waals surface area contributed by atoms with E-state index in [-0.39, 0.29) is 11.8 Å². The Morgan fingerprint density at radius 2 is 1.96 bits per heavy atom. The molecule has 26 heavy (non-hydrogen) atoms. The molecular weight excluding hydrogens is 348 g/mol. The first-order valence-electron chi connectivity index (χ1n) is 8.86. The molecule has 1 fully saturated rings. The molecule has 3 aromatic rings. The molecule has 1 aliphatic rings. The molecule has 0 saturated heterocycles. The van der Waals surface area contributed by atoms with Crippen molar-refractivity contribution < 1.29 is 9.90 Å². The van der Waals surface area contributed by atoms with Crippen LogP contribution in [0.4, 0.5) is 0 Å². The summed E-state index contributed by atoms with van der Waals surface area (Å²) in [6, 6.07) is 13.8. The summed E-state index contributed by atoms with van der Waals surface area (Å²) in [6.45, 7) is 0. The third kappa shape index (κ3) is 3.17. The topological polar surface area (TPSA) is 63.1 Å². The third-order valence-electron chi connectivity index (χ3n) is 5.24. The normalized spacial score (nSPS) is 20.2. The number of aromatic nitrogens is 2. The van der Waals surface area contributed by atoms with Gasteiger partial charge in [-0.3, -0.25) is 4.79 Å². The zero-order valence-corrected chi connectivity index (χ0v) is 15.0. The molecule has 4 nitrogen and oxygen atoms in total. The van der Waals surface area contributed by atoms with Crippen LogP contribution in [0.3, 0.4) is 0 Å². The van der Waals surface area contributed by atoms with E-state index in [0.717, 1.165) is 47.0 Å². The zero-order valence-electron chi connectivity index (χ0n) is 14.2. The zero-order chi connectivity index (χ0) is 18.1. The minimum Gasteiger partial charge on any atom is -0.481 e. The molecule has 132 valence electrons. The molecule has 1 N–H and O–H groups in total. The number of nitrogens with zero attached hydrogens (tertiary/aromatic N) is 2. The van der Waals surface area contributed by atoms with Gasteiger partial charge in [0.05, 0.1) is 17.1 Å². The lowest BCUT2D eigenvalue weighted by Crippen LogP contribution is -2.22. The van der Waals surface area contributed by atoms with Crippen LogP contribution in [0.25, 0.3) is 22.0 Å². The summed E-state index contributed by atoms with van der Waals surface area (Å²) in [5.74, 6) is -0.865. The summed E-state index contributed by atoms with van der Waals surface area (Å²) in [6.07, 6.45) is 4.83. The number of carboxylic acid groups (broad SMARTS) is 1. The van der Waals surface area contributed by atoms with Gasteiger partial charge in [0.2, 0.25) is 0 Å². The lowest BCUT2D eigenvalue weighted by molar-refractivity contribution is -0.143. The number of benzene rings is 2. The SMILES string of the molecule is O=C(O)C1CCCC(c2ncnc3cccc(-c4cccc(Cl)c4)c23)C1. The van der Waals surface area contributed by atoms with Gasteiger partial charge in [-0.15, -0.1) is 0 Å². The van der Waals surface area contributed by atoms with Gasteiger partial charge in [-0.25, -0.2) is 9.97 Å². The first-order valence-corrected chi connectivity index (χ1v) is 9.23. The summed E-state index contributed by atoms with van der Waals surface area (Å²) in [4.78, 5) is 20.5. The number of hydrogen-bond acceptors (Lipinski definition) is 3. The molecule has 1 heterocycles. The Balaban J connectivity index is 1.87. The maximum atomic E-state index is 11.5. The number of halogens is 1. The van der Waals surface area contributed by atoms with Gasteiger partial charge in [0.15, 0.2) is 0 Å². The fourth-order valence-electron chi connectivity index (χ4n) is 4.00. The first kappa shape index (κ1) is 17.0. The third-order valence-corrected chi connectivity index (χ3v) is 5.47. The quantitative estimate of drug-likeness (QED) is 0.682. The van der Waals surface area contributed by atoms with Crippen molar-refractivity contribution in [2.24, 2.45) is 5.92 Å². The monoisotopic (exact) mass is 366 g/mol. The highest BCUT2D eigenvalue weighted by molar-refractivity contribution is 6.30. The Labute approximate surface area is 156 Å². The van der Waals surface area contributed by atoms with E-state index in [1.807, 2.05) is 36.4 Å². The lowest BCUT2D eigenvalue weighted by Gasteiger charge is -2.27. The molecule has 2 atom stereocenters. The van der Waals surface area contributed by atoms with Crippen molar-refractivity contribution in [2.45, 2.75) is 31.6 Å². The predicted octanol–water partition coefficient (Wildman–Crippen LogP) is 5.31. The Morgan fingerprint density at radius 3 is 2.77 bits per heavy atom. The van der Waals surface area contributed by atoms with E-state index < -0.39 is 5.97 Å². The first-order chi connectivity index (χ1) is 12.6. The number of rotatable bonds is 3. The lowest BCUT2D eigenvalue weighted by atomic mass is 9.78. The van der Waals surface area contributed by atoms with Crippen molar-refractivity contribution in [1.29, 1.82) is 0 Å². The maximum Gasteiger partial charge on any atom is 0.306 e. The molecule has 0 spiro atoms. The molecular formula is C21H19ClN2O2. The summed E-state index contributed by atoms with van der Waals surface area (Å²) in [5, 5.41) is 11.1. The van der Waals surface area contributed by atoms with Gasteiger partial charge in [0.25, 0.3) is 0 Å². The van der Waals surface area contributed by atoms with Gasteiger partial charge in [0, 0.05) is 16.3 Å². The van der Waals surface area contributed by atoms with Crippen LogP contribution in [0.5, 0.6) is 0 Å². The molecule has 5 heteroatoms. The maximum absolute atomic E-state index is 11.5. The van der Waals surface area contributed by atoms with Crippen molar-refractivity contribution in [3.8, 4) is 11.1 Å². The minimum absolute atomic E-state index is 0.135. The van der Waals surface area contributed by atoms with Gasteiger partial charge in [-0.2, -0.15) is 0 Å². The molecule has 0 radical (unpaired) electrons. The standard InChI is InChI=1S/C21H19ClN2O2/c22-16-7-2-4-13(11-16)17-8-3-9-18-19(17)20(24-12-23-18)14-5-1-6-15(10-14)21(25)26/h2-4,7-9,11-12,14-15H,1,5-6,10H2,(H,25,26). The Morgan fingerprint density at radius 1 is 1.12 bits per heavy atom. The van der Waals surface area contributed by atoms with Crippen molar-refractivity contribution >= 4 is 28.5 Å². The number of fused-ring (bicyclic) bond motifs is 1. The van der Waals surface area contributed by atoms with Gasteiger partial charge < -0.3 is 5.11 Å². The van der Waals surface area contributed by atoms with Crippen molar-refractivity contribution in [3.05, 3.63) is 59.5 Å². The Kier molecular flexibility index (Phi) is 4.60. The van der Waals surface area contributed by atoms with Crippen LogP contribution in [0.1, 0.15) is 37.3 Å². The highest BCUT2D eigenvalue weighted by Crippen LogP contribution is 2.40. The molecule has 1 aliphatic carbocycles. The van der Waals surface area contributed by atoms with Crippen LogP contribution >= 0.6 is 11.6 Å². The minimum atomic E-state index is -0.705. The van der Waals surface area contributed by atoms with Gasteiger partial charge in [-0.1, -0.05) is 42.3 Å². The van der Waals surface area contributed by atoms with E-state index in [4.69, 9.17) is 11.6 Å². The highest BCUT2D eigenvalue weighted by Gasteiger charge is 2.30. The number of carboxylic acids is 1. The van der Waals surface area contributed by atoms with Crippen LogP contribution in [0.15, 0.2) is 48.8 Å². The number of hydrogen-bond donors (Lipinski definition) is 1. The van der Waals surface area contributed by atoms with Crippen LogP contribution in [-0.2, 0) is 4.79 Å². The molecule has 1 aromatic heterocycles. The largest absolute Gasteiger partial charge is 0.481 e. The highest BCUT2D eigenvalue weighted by atomic mass is 35.5. The number of aliphatic carboxylic acids is 1. The molecule has 1 saturated carbocycles. The second-order valence-electron chi connectivity index (χ2n) is 6.87. The smallest absolute Gasteiger partial charge is 0.306 e. The van der Waals surface area contributed by atoms with Crippen molar-refractivity contribution in [2.75, 3.05) is 0 Å². The van der Waals surface area contributed by atoms with Crippen molar-refractivity contribution in [3.63, 3.8) is 0 Å². The summed E-state index contributed by atoms with van der Waals surface area (Å²) in [7, 11) is 0. The van der Waals surface area contributed by atoms with E-state index in [1.54, 1.807) is 6.33 Å². The fourth-order valence-corrected chi connectivity index (χ4v) is 4.19. The van der Waals surface area contributed by atoms with Gasteiger partial charge >= 0.3 is 5.97 Å². The van der Waals surface area contributed by atoms with Crippen LogP contribution in [0, 0.1) is 5.92 Å². The average Bonchev–Trinajstić information content (AvgIpc) is 2.67. The van der Waals surface area contributed by atoms with E-state index in [9.17, 15) is 9.90 Å². The molecule has 4 rings (SSSR count). The Bertz CT molecular complexity index is 968. The molecule has 0 aliphatic heterocycles. The summed E-state index contributed by atoms with van der Waals surface area (Å²) in [5.41, 5.74) is 3.89. The second kappa shape index (κ2) is 7.04. The van der Waals surface area contributed by atoms with E-state index in [2.05, 4.69) is 16.0 Å². The van der Waals surface area contributed by atoms with E-state index in [1.165, 1.54) is 0 Å².